The van der Waals surface area contributed by atoms with Crippen LogP contribution in [0.2, 0.25) is 5.02 Å². The number of alkyl halides is 3. The summed E-state index contributed by atoms with van der Waals surface area (Å²) < 4.78 is 95.2. The molecule has 12 aromatic rings. The maximum Gasteiger partial charge on any atom is 0.416 e. The second-order valence-corrected chi connectivity index (χ2v) is 25.2. The zero-order chi connectivity index (χ0) is 77.5. The third-order valence-electron chi connectivity index (χ3n) is 14.4. The van der Waals surface area contributed by atoms with Gasteiger partial charge in [-0.2, -0.15) is 13.2 Å². The lowest BCUT2D eigenvalue weighted by Crippen LogP contribution is -2.04. The number of methoxy groups -OCH3 is 2. The largest absolute Gasteiger partial charge is 0.497 e. The first kappa shape index (κ1) is 91.1. The predicted octanol–water partition coefficient (Wildman–Crippen LogP) is 28.0. The van der Waals surface area contributed by atoms with E-state index < -0.39 is 23.4 Å². The van der Waals surface area contributed by atoms with E-state index >= 15 is 0 Å². The lowest BCUT2D eigenvalue weighted by molar-refractivity contribution is -0.137. The Morgan fingerprint density at radius 2 is 0.553 bits per heavy atom. The molecule has 0 aliphatic carbocycles. The number of rotatable bonds is 2. The fraction of sp³-hybridized carbons (Fsp3) is 0.226. The first-order valence-electron chi connectivity index (χ1n) is 33.7. The van der Waals surface area contributed by atoms with Crippen LogP contribution in [0.15, 0.2) is 279 Å². The van der Waals surface area contributed by atoms with Gasteiger partial charge in [0, 0.05) is 11.1 Å². The van der Waals surface area contributed by atoms with Gasteiger partial charge in [-0.1, -0.05) is 297 Å². The van der Waals surface area contributed by atoms with E-state index in [0.29, 0.717) is 22.3 Å². The van der Waals surface area contributed by atoms with Crippen LogP contribution in [0.25, 0.3) is 0 Å². The predicted molar refractivity (Wildman–Crippen MR) is 426 cm³/mol. The number of ether oxygens (including phenoxy) is 2. The van der Waals surface area contributed by atoms with Crippen molar-refractivity contribution in [2.75, 3.05) is 14.2 Å². The molecule has 546 valence electrons. The first-order valence-corrected chi connectivity index (χ1v) is 34.1. The van der Waals surface area contributed by atoms with Gasteiger partial charge in [0.2, 0.25) is 0 Å². The molecule has 0 aromatic heterocycles. The zero-order valence-corrected chi connectivity index (χ0v) is 64.7. The molecule has 10 heteroatoms. The second kappa shape index (κ2) is 51.2. The molecule has 0 saturated carbocycles. The van der Waals surface area contributed by atoms with Crippen LogP contribution in [0.5, 0.6) is 11.5 Å². The minimum absolute atomic E-state index is 0.116. The Morgan fingerprint density at radius 1 is 0.243 bits per heavy atom. The van der Waals surface area contributed by atoms with Crippen LogP contribution in [0, 0.1) is 148 Å². The molecule has 2 nitrogen and oxygen atoms in total. The van der Waals surface area contributed by atoms with Crippen LogP contribution in [0.1, 0.15) is 106 Å². The van der Waals surface area contributed by atoms with Gasteiger partial charge in [-0.3, -0.25) is 0 Å². The third-order valence-corrected chi connectivity index (χ3v) is 14.9. The van der Waals surface area contributed by atoms with Crippen LogP contribution in [0.3, 0.4) is 0 Å². The number of para-hydroxylation sites is 1. The Labute approximate surface area is 617 Å². The van der Waals surface area contributed by atoms with E-state index in [9.17, 15) is 30.7 Å². The van der Waals surface area contributed by atoms with Gasteiger partial charge in [-0.15, -0.1) is 0 Å². The smallest absolute Gasteiger partial charge is 0.416 e. The summed E-state index contributed by atoms with van der Waals surface area (Å²) in [7, 11) is 3.35. The lowest BCUT2D eigenvalue weighted by atomic mass is 10.1. The van der Waals surface area contributed by atoms with Gasteiger partial charge >= 0.3 is 6.18 Å². The number of hydrogen-bond donors (Lipinski definition) is 0. The monoisotopic (exact) mass is 1420 g/mol. The Kier molecular flexibility index (Phi) is 45.3. The number of halogens is 8. The molecular weight excluding hydrogens is 1320 g/mol. The van der Waals surface area contributed by atoms with Crippen LogP contribution < -0.4 is 9.47 Å². The SMILES string of the molecule is COc1ccc(C)cc1.COc1ccccc1C.Cc1cc(F)cc(F)c1.Cc1ccc(C)c(F)c1.Cc1ccc(C)cc1.Cc1ccc(C)cc1.Cc1ccc(C)cc1.Cc1ccc(C)cc1.Cc1cccc(C(F)(F)F)c1.Cc1cccc(C)c1.Cc1ccccc1Cl.Cc1ccccc1F. The molecule has 0 fully saturated rings. The Bertz CT molecular complexity index is 3810. The highest BCUT2D eigenvalue weighted by atomic mass is 35.5. The molecule has 0 bridgehead atoms. The molecule has 0 radical (unpaired) electrons. The van der Waals surface area contributed by atoms with Crippen LogP contribution >= 0.6 is 11.6 Å². The molecular formula is C93H106ClF7O2. The average molecular weight is 1420 g/mol. The minimum Gasteiger partial charge on any atom is -0.497 e. The van der Waals surface area contributed by atoms with E-state index in [1.807, 2.05) is 106 Å². The van der Waals surface area contributed by atoms with E-state index in [2.05, 4.69) is 197 Å². The van der Waals surface area contributed by atoms with Gasteiger partial charge in [-0.25, -0.2) is 17.6 Å². The van der Waals surface area contributed by atoms with E-state index in [1.165, 1.54) is 97.1 Å². The van der Waals surface area contributed by atoms with Crippen molar-refractivity contribution >= 4 is 11.6 Å². The van der Waals surface area contributed by atoms with E-state index in [1.54, 1.807) is 66.2 Å². The molecule has 103 heavy (non-hydrogen) atoms. The van der Waals surface area contributed by atoms with Crippen molar-refractivity contribution in [1.82, 2.24) is 0 Å². The van der Waals surface area contributed by atoms with Crippen molar-refractivity contribution in [1.29, 1.82) is 0 Å². The zero-order valence-electron chi connectivity index (χ0n) is 63.9. The fourth-order valence-electron chi connectivity index (χ4n) is 8.13. The molecule has 0 saturated heterocycles. The van der Waals surface area contributed by atoms with Gasteiger partial charge in [0.15, 0.2) is 0 Å². The van der Waals surface area contributed by atoms with E-state index in [-0.39, 0.29) is 11.6 Å². The normalized spacial score (nSPS) is 9.55. The summed E-state index contributed by atoms with van der Waals surface area (Å²) in [6.07, 6.45) is -4.22. The lowest BCUT2D eigenvalue weighted by Gasteiger charge is -2.05. The summed E-state index contributed by atoms with van der Waals surface area (Å²) in [6.45, 7) is 35.7. The standard InChI is InChI=1S/C8H7F3.C8H9F.2C8H10O.5C8H10.C7H7Cl.C7H6F2.C7H7F/c1-6-3-2-4-7(5-6)8(9,10)11;1-6-3-4-7(2)8(9)5-6;1-7-3-5-8(9-2)6-4-7;1-7-5-3-4-6-8(7)9-2;4*1-7-3-5-8(2)6-4-7;1-7-4-3-5-8(2)6-7;1-6-4-2-3-5-7(6)8;1-5-2-6(8)4-7(9)3-5;1-6-4-2-3-5-7(6)8/h2-5H,1H3;3-5H,1-2H3;2*3-6H,1-2H3;5*3-6H,1-2H3;2-5H,1H3;2-4H,1H3;2-5H,1H3. The molecule has 0 heterocycles. The van der Waals surface area contributed by atoms with E-state index in [4.69, 9.17) is 21.1 Å². The molecule has 0 unspecified atom stereocenters. The number of hydrogen-bond acceptors (Lipinski definition) is 2. The van der Waals surface area contributed by atoms with Gasteiger partial charge in [0.25, 0.3) is 0 Å². The fourth-order valence-corrected chi connectivity index (χ4v) is 8.26. The summed E-state index contributed by atoms with van der Waals surface area (Å²) >= 11 is 5.71. The topological polar surface area (TPSA) is 18.5 Å². The number of aryl methyl sites for hydroxylation is 18. The third kappa shape index (κ3) is 45.5. The minimum atomic E-state index is -4.22. The van der Waals surface area contributed by atoms with Crippen LogP contribution in [-0.2, 0) is 6.18 Å². The van der Waals surface area contributed by atoms with Crippen molar-refractivity contribution in [3.8, 4) is 11.5 Å². The quantitative estimate of drug-likeness (QED) is 0.161. The van der Waals surface area contributed by atoms with Gasteiger partial charge < -0.3 is 9.47 Å². The highest BCUT2D eigenvalue weighted by Gasteiger charge is 2.30. The molecule has 12 aromatic carbocycles. The summed E-state index contributed by atoms with van der Waals surface area (Å²) in [6, 6.07) is 86.6. The molecule has 0 N–H and O–H groups in total. The number of benzene rings is 12. The van der Waals surface area contributed by atoms with Crippen molar-refractivity contribution in [2.24, 2.45) is 0 Å². The summed E-state index contributed by atoms with van der Waals surface area (Å²) in [4.78, 5) is 0. The van der Waals surface area contributed by atoms with Crippen LogP contribution in [-0.4, -0.2) is 14.2 Å². The van der Waals surface area contributed by atoms with Crippen molar-refractivity contribution in [3.05, 3.63) is 413 Å². The van der Waals surface area contributed by atoms with Crippen molar-refractivity contribution in [3.63, 3.8) is 0 Å². The second-order valence-electron chi connectivity index (χ2n) is 24.8. The highest BCUT2D eigenvalue weighted by molar-refractivity contribution is 6.31. The van der Waals surface area contributed by atoms with E-state index in [0.717, 1.165) is 45.8 Å². The summed E-state index contributed by atoms with van der Waals surface area (Å²) in [5.41, 5.74) is 19.9. The summed E-state index contributed by atoms with van der Waals surface area (Å²) in [5.74, 6) is 0.584. The summed E-state index contributed by atoms with van der Waals surface area (Å²) in [5, 5.41) is 0.840. The maximum atomic E-state index is 12.6. The van der Waals surface area contributed by atoms with Crippen LogP contribution in [0.4, 0.5) is 30.7 Å². The van der Waals surface area contributed by atoms with Crippen molar-refractivity contribution in [2.45, 2.75) is 131 Å². The van der Waals surface area contributed by atoms with Crippen molar-refractivity contribution < 1.29 is 40.2 Å². The Hall–Kier alpha value is -9.96. The molecule has 0 spiro atoms. The average Bonchev–Trinajstić information content (AvgIpc) is 0.935. The van der Waals surface area contributed by atoms with Gasteiger partial charge in [-0.05, 0) is 213 Å². The molecule has 0 amide bonds. The highest BCUT2D eigenvalue weighted by Crippen LogP contribution is 2.29. The molecule has 12 rings (SSSR count). The Balaban J connectivity index is 0.000000562. The Morgan fingerprint density at radius 3 is 0.796 bits per heavy atom. The van der Waals surface area contributed by atoms with Gasteiger partial charge in [0.05, 0.1) is 19.8 Å². The molecule has 0 aliphatic heterocycles. The molecule has 0 aliphatic rings. The first-order chi connectivity index (χ1) is 48.6. The van der Waals surface area contributed by atoms with Gasteiger partial charge in [0.1, 0.15) is 34.8 Å². The molecule has 0 atom stereocenters. The maximum absolute atomic E-state index is 12.6.